The Morgan fingerprint density at radius 2 is 1.30 bits per heavy atom. The molecule has 0 spiro atoms. The summed E-state index contributed by atoms with van der Waals surface area (Å²) in [5.74, 6) is 0. The van der Waals surface area contributed by atoms with Gasteiger partial charge in [0, 0.05) is 0 Å². The van der Waals surface area contributed by atoms with Crippen LogP contribution in [0.15, 0.2) is 0 Å². The van der Waals surface area contributed by atoms with Gasteiger partial charge in [-0.3, -0.25) is 0 Å². The van der Waals surface area contributed by atoms with Gasteiger partial charge in [0.05, 0.1) is 0 Å². The van der Waals surface area contributed by atoms with Crippen molar-refractivity contribution >= 4 is 13.3 Å². The molecule has 0 aliphatic heterocycles. The molecule has 0 saturated carbocycles. The van der Waals surface area contributed by atoms with E-state index < -0.39 is 13.3 Å². The zero-order valence-electron chi connectivity index (χ0n) is 8.21. The topological polar surface area (TPSA) is 0 Å². The third-order valence-corrected chi connectivity index (χ3v) is 23.5. The number of hydrogen-bond acceptors (Lipinski definition) is 0. The van der Waals surface area contributed by atoms with Gasteiger partial charge in [-0.2, -0.15) is 0 Å². The molecule has 0 aliphatic carbocycles. The van der Waals surface area contributed by atoms with Crippen molar-refractivity contribution in [2.24, 2.45) is 0 Å². The van der Waals surface area contributed by atoms with Gasteiger partial charge in [0.1, 0.15) is 0 Å². The van der Waals surface area contributed by atoms with Crippen LogP contribution in [0.3, 0.4) is 0 Å². The Kier molecular flexibility index (Phi) is 4.32. The van der Waals surface area contributed by atoms with Crippen molar-refractivity contribution in [3.63, 3.8) is 0 Å². The van der Waals surface area contributed by atoms with Crippen molar-refractivity contribution in [3.05, 3.63) is 0 Å². The van der Waals surface area contributed by atoms with Crippen LogP contribution in [0.1, 0.15) is 0 Å². The monoisotopic (exact) mass is 250 g/mol. The molecular formula is C7H20Si2Zr. The molecule has 0 bridgehead atoms. The summed E-state index contributed by atoms with van der Waals surface area (Å²) >= 11 is 0.0808. The molecule has 0 aromatic rings. The van der Waals surface area contributed by atoms with E-state index in [9.17, 15) is 0 Å². The van der Waals surface area contributed by atoms with Crippen molar-refractivity contribution in [2.45, 2.75) is 43.0 Å². The van der Waals surface area contributed by atoms with E-state index in [-0.39, 0.29) is 22.4 Å². The first-order valence-corrected chi connectivity index (χ1v) is 16.6. The molecule has 0 atom stereocenters. The Hall–Kier alpha value is 1.32. The summed E-state index contributed by atoms with van der Waals surface area (Å²) in [5, 5.41) is -0.562. The minimum atomic E-state index is -0.657. The summed E-state index contributed by atoms with van der Waals surface area (Å²) in [6, 6.07) is 0. The summed E-state index contributed by atoms with van der Waals surface area (Å²) in [5.41, 5.74) is 0. The zero-order valence-corrected chi connectivity index (χ0v) is 12.7. The van der Waals surface area contributed by atoms with E-state index in [1.165, 1.54) is 0 Å². The number of hydrogen-bond donors (Lipinski definition) is 0. The first-order valence-electron chi connectivity index (χ1n) is 3.96. The minimum absolute atomic E-state index is 0.0808. The molecule has 0 N–H and O–H groups in total. The normalized spacial score (nSPS) is 13.4. The second-order valence-corrected chi connectivity index (χ2v) is 31.8. The third-order valence-electron chi connectivity index (χ3n) is 1.15. The van der Waals surface area contributed by atoms with Crippen LogP contribution in [0.4, 0.5) is 0 Å². The molecule has 0 aromatic heterocycles. The Balaban J connectivity index is 3.56. The van der Waals surface area contributed by atoms with E-state index in [2.05, 4.69) is 39.3 Å². The molecule has 0 heterocycles. The molecule has 0 radical (unpaired) electrons. The van der Waals surface area contributed by atoms with Gasteiger partial charge in [-0.1, -0.05) is 0 Å². The van der Waals surface area contributed by atoms with Gasteiger partial charge in [0.15, 0.2) is 0 Å². The number of rotatable bonds is 3. The van der Waals surface area contributed by atoms with Crippen LogP contribution in [0.2, 0.25) is 43.0 Å². The molecule has 3 heteroatoms. The molecule has 0 saturated heterocycles. The van der Waals surface area contributed by atoms with Gasteiger partial charge in [-0.05, 0) is 0 Å². The predicted octanol–water partition coefficient (Wildman–Crippen LogP) is 3.20. The van der Waals surface area contributed by atoms with Crippen molar-refractivity contribution in [1.29, 1.82) is 0 Å². The van der Waals surface area contributed by atoms with Crippen molar-refractivity contribution in [2.75, 3.05) is 0 Å². The fraction of sp³-hybridized carbons (Fsp3) is 1.00. The molecule has 10 heavy (non-hydrogen) atoms. The van der Waals surface area contributed by atoms with Crippen LogP contribution in [-0.4, -0.2) is 13.3 Å². The summed E-state index contributed by atoms with van der Waals surface area (Å²) < 4.78 is 1.70. The van der Waals surface area contributed by atoms with E-state index in [4.69, 9.17) is 0 Å². The van der Waals surface area contributed by atoms with Crippen LogP contribution in [0.5, 0.6) is 0 Å². The maximum atomic E-state index is 2.54. The Morgan fingerprint density at radius 1 is 0.900 bits per heavy atom. The van der Waals surface area contributed by atoms with Gasteiger partial charge in [0.2, 0.25) is 0 Å². The van der Waals surface area contributed by atoms with E-state index in [0.29, 0.717) is 0 Å². The van der Waals surface area contributed by atoms with Crippen molar-refractivity contribution in [3.8, 4) is 0 Å². The van der Waals surface area contributed by atoms with E-state index in [0.717, 1.165) is 0 Å². The molecule has 0 aliphatic rings. The fourth-order valence-corrected chi connectivity index (χ4v) is 28.2. The van der Waals surface area contributed by atoms with Crippen LogP contribution >= 0.6 is 0 Å². The quantitative estimate of drug-likeness (QED) is 0.676. The molecule has 60 valence electrons. The molecular weight excluding hydrogens is 231 g/mol. The van der Waals surface area contributed by atoms with Crippen molar-refractivity contribution in [1.82, 2.24) is 0 Å². The van der Waals surface area contributed by atoms with E-state index in [1.807, 2.05) is 0 Å². The Morgan fingerprint density at radius 3 is 1.40 bits per heavy atom. The standard InChI is InChI=1S/C4H11Si.C3H9Si.Zr/c1-5(2,3)4;1-4(2)3;/h1H2,2-4H3;1-3H3;. The molecule has 0 unspecified atom stereocenters. The van der Waals surface area contributed by atoms with Gasteiger partial charge in [0.25, 0.3) is 0 Å². The molecule has 0 nitrogen and oxygen atoms in total. The van der Waals surface area contributed by atoms with Crippen LogP contribution in [0.25, 0.3) is 0 Å². The van der Waals surface area contributed by atoms with Crippen LogP contribution in [-0.2, 0) is 22.4 Å². The first kappa shape index (κ1) is 11.3. The first-order chi connectivity index (χ1) is 4.21. The predicted molar refractivity (Wildman–Crippen MR) is 51.5 cm³/mol. The van der Waals surface area contributed by atoms with Crippen molar-refractivity contribution < 1.29 is 22.4 Å². The zero-order chi connectivity index (χ0) is 8.41. The SMILES string of the molecule is C[Si](C)(C)[CH2][Zr][Si](C)(C)C. The van der Waals surface area contributed by atoms with E-state index >= 15 is 0 Å². The van der Waals surface area contributed by atoms with Gasteiger partial charge in [-0.25, -0.2) is 0 Å². The average Bonchev–Trinajstić information content (AvgIpc) is 1.57. The molecule has 0 rings (SSSR count). The van der Waals surface area contributed by atoms with Crippen LogP contribution < -0.4 is 0 Å². The summed E-state index contributed by atoms with van der Waals surface area (Å²) in [6.45, 7) is 15.1. The molecule has 0 amide bonds. The summed E-state index contributed by atoms with van der Waals surface area (Å²) in [4.78, 5) is 0. The Labute approximate surface area is 78.3 Å². The maximum absolute atomic E-state index is 2.54. The molecule has 0 fully saturated rings. The van der Waals surface area contributed by atoms with Gasteiger partial charge in [-0.15, -0.1) is 0 Å². The fourth-order valence-electron chi connectivity index (χ4n) is 0.530. The van der Waals surface area contributed by atoms with E-state index in [1.54, 1.807) is 3.75 Å². The van der Waals surface area contributed by atoms with Gasteiger partial charge >= 0.3 is 78.7 Å². The van der Waals surface area contributed by atoms with Crippen LogP contribution in [0, 0.1) is 0 Å². The summed E-state index contributed by atoms with van der Waals surface area (Å²) in [6.07, 6.45) is 0. The Bertz CT molecular complexity index is 85.2. The summed E-state index contributed by atoms with van der Waals surface area (Å²) in [7, 11) is -0.657. The van der Waals surface area contributed by atoms with Gasteiger partial charge < -0.3 is 0 Å². The molecule has 0 aromatic carbocycles. The average molecular weight is 252 g/mol. The second-order valence-electron chi connectivity index (χ2n) is 5.16. The second kappa shape index (κ2) is 3.82. The third kappa shape index (κ3) is 9.32.